The quantitative estimate of drug-likeness (QED) is 0.843. The number of phenols is 1. The number of rotatable bonds is 2. The summed E-state index contributed by atoms with van der Waals surface area (Å²) in [5.74, 6) is -0.146. The zero-order valence-electron chi connectivity index (χ0n) is 14.2. The van der Waals surface area contributed by atoms with Gasteiger partial charge < -0.3 is 14.6 Å². The fourth-order valence-corrected chi connectivity index (χ4v) is 3.90. The fourth-order valence-electron chi connectivity index (χ4n) is 3.90. The number of phenolic OH excluding ortho intramolecular Hbond substituents is 1. The first-order valence-corrected chi connectivity index (χ1v) is 8.59. The lowest BCUT2D eigenvalue weighted by Gasteiger charge is -2.36. The highest BCUT2D eigenvalue weighted by Gasteiger charge is 2.34. The van der Waals surface area contributed by atoms with Crippen LogP contribution in [-0.2, 0) is 20.7 Å². The Labute approximate surface area is 142 Å². The third kappa shape index (κ3) is 3.78. The normalized spacial score (nSPS) is 30.2. The molecule has 0 saturated carbocycles. The predicted octanol–water partition coefficient (Wildman–Crippen LogP) is 3.03. The van der Waals surface area contributed by atoms with Gasteiger partial charge in [0.05, 0.1) is 12.2 Å². The van der Waals surface area contributed by atoms with Gasteiger partial charge in [0, 0.05) is 12.8 Å². The van der Waals surface area contributed by atoms with Crippen LogP contribution in [0.2, 0.25) is 0 Å². The van der Waals surface area contributed by atoms with Crippen LogP contribution in [0.3, 0.4) is 0 Å². The number of cyclic esters (lactones) is 1. The smallest absolute Gasteiger partial charge is 0.342 e. The third-order valence-corrected chi connectivity index (χ3v) is 4.81. The molecule has 2 bridgehead atoms. The van der Waals surface area contributed by atoms with Gasteiger partial charge >= 0.3 is 5.97 Å². The minimum Gasteiger partial charge on any atom is -0.507 e. The topological polar surface area (TPSA) is 72.8 Å². The summed E-state index contributed by atoms with van der Waals surface area (Å²) in [5, 5.41) is 10.1. The summed E-state index contributed by atoms with van der Waals surface area (Å²) in [7, 11) is 0. The van der Waals surface area contributed by atoms with Gasteiger partial charge in [0.25, 0.3) is 0 Å². The Morgan fingerprint density at radius 2 is 2.00 bits per heavy atom. The number of Topliss-reactive ketones (excluding diaryl/α,β-unsaturated/α-hetero) is 1. The van der Waals surface area contributed by atoms with Gasteiger partial charge in [0.2, 0.25) is 0 Å². The lowest BCUT2D eigenvalue weighted by Crippen LogP contribution is -2.38. The second-order valence-corrected chi connectivity index (χ2v) is 7.14. The van der Waals surface area contributed by atoms with Gasteiger partial charge in [0.1, 0.15) is 23.2 Å². The summed E-state index contributed by atoms with van der Waals surface area (Å²) in [5.41, 5.74) is 0.938. The average molecular weight is 332 g/mol. The maximum absolute atomic E-state index is 12.6. The number of carbonyl (C=O) groups excluding carboxylic acids is 2. The number of ketones is 1. The van der Waals surface area contributed by atoms with Crippen molar-refractivity contribution in [2.24, 2.45) is 5.92 Å². The number of fused-ring (bicyclic) bond motifs is 3. The molecule has 5 heteroatoms. The van der Waals surface area contributed by atoms with Crippen LogP contribution in [0.4, 0.5) is 0 Å². The highest BCUT2D eigenvalue weighted by Crippen LogP contribution is 2.33. The van der Waals surface area contributed by atoms with E-state index in [0.29, 0.717) is 18.8 Å². The standard InChI is InChI=1S/C19H24O5/c1-11-6-14-9-13-4-3-5-17(21)18(13)19(22)24-16(8-12(2)20)10-15(7-11)23-14/h3-5,11,14-16,21H,6-10H2,1-2H3/t11?,14?,15-,16?/m1/s1. The number of ether oxygens (including phenoxy) is 2. The van der Waals surface area contributed by atoms with Crippen molar-refractivity contribution < 1.29 is 24.2 Å². The van der Waals surface area contributed by atoms with E-state index >= 15 is 0 Å². The van der Waals surface area contributed by atoms with Crippen molar-refractivity contribution in [1.29, 1.82) is 0 Å². The van der Waals surface area contributed by atoms with E-state index in [0.717, 1.165) is 18.4 Å². The molecule has 4 atom stereocenters. The molecule has 0 radical (unpaired) electrons. The highest BCUT2D eigenvalue weighted by molar-refractivity contribution is 5.94. The van der Waals surface area contributed by atoms with E-state index in [4.69, 9.17) is 9.47 Å². The van der Waals surface area contributed by atoms with E-state index in [1.54, 1.807) is 6.07 Å². The molecule has 0 spiro atoms. The van der Waals surface area contributed by atoms with E-state index in [9.17, 15) is 14.7 Å². The van der Waals surface area contributed by atoms with Crippen molar-refractivity contribution in [3.05, 3.63) is 29.3 Å². The number of esters is 1. The van der Waals surface area contributed by atoms with Crippen LogP contribution in [0.15, 0.2) is 18.2 Å². The van der Waals surface area contributed by atoms with Crippen LogP contribution in [-0.4, -0.2) is 35.2 Å². The van der Waals surface area contributed by atoms with Gasteiger partial charge in [-0.3, -0.25) is 4.79 Å². The van der Waals surface area contributed by atoms with Crippen molar-refractivity contribution in [2.75, 3.05) is 0 Å². The second-order valence-electron chi connectivity index (χ2n) is 7.14. The Morgan fingerprint density at radius 3 is 2.75 bits per heavy atom. The molecule has 1 saturated heterocycles. The Kier molecular flexibility index (Phi) is 4.90. The Bertz CT molecular complexity index is 639. The van der Waals surface area contributed by atoms with E-state index in [2.05, 4.69) is 6.92 Å². The van der Waals surface area contributed by atoms with Gasteiger partial charge in [-0.1, -0.05) is 19.1 Å². The van der Waals surface area contributed by atoms with E-state index in [-0.39, 0.29) is 35.7 Å². The monoisotopic (exact) mass is 332 g/mol. The first-order chi connectivity index (χ1) is 11.4. The van der Waals surface area contributed by atoms with Crippen molar-refractivity contribution in [3.63, 3.8) is 0 Å². The summed E-state index contributed by atoms with van der Waals surface area (Å²) in [6.07, 6.45) is 2.61. The summed E-state index contributed by atoms with van der Waals surface area (Å²) in [6, 6.07) is 5.04. The first-order valence-electron chi connectivity index (χ1n) is 8.59. The van der Waals surface area contributed by atoms with Crippen molar-refractivity contribution in [3.8, 4) is 5.75 Å². The van der Waals surface area contributed by atoms with Crippen molar-refractivity contribution >= 4 is 11.8 Å². The number of aromatic hydroxyl groups is 1. The van der Waals surface area contributed by atoms with Crippen LogP contribution in [0.25, 0.3) is 0 Å². The lowest BCUT2D eigenvalue weighted by molar-refractivity contribution is -0.121. The predicted molar refractivity (Wildman–Crippen MR) is 88.0 cm³/mol. The largest absolute Gasteiger partial charge is 0.507 e. The second kappa shape index (κ2) is 6.93. The van der Waals surface area contributed by atoms with E-state index < -0.39 is 12.1 Å². The summed E-state index contributed by atoms with van der Waals surface area (Å²) < 4.78 is 11.8. The number of benzene rings is 1. The molecule has 2 aliphatic heterocycles. The molecular formula is C19H24O5. The molecule has 5 nitrogen and oxygen atoms in total. The Balaban J connectivity index is 1.97. The van der Waals surface area contributed by atoms with Gasteiger partial charge in [0.15, 0.2) is 0 Å². The zero-order valence-corrected chi connectivity index (χ0v) is 14.2. The summed E-state index contributed by atoms with van der Waals surface area (Å²) >= 11 is 0. The molecule has 1 fully saturated rings. The van der Waals surface area contributed by atoms with Crippen LogP contribution in [0.1, 0.15) is 55.5 Å². The third-order valence-electron chi connectivity index (χ3n) is 4.81. The molecular weight excluding hydrogens is 308 g/mol. The Morgan fingerprint density at radius 1 is 1.25 bits per heavy atom. The molecule has 0 amide bonds. The van der Waals surface area contributed by atoms with Crippen LogP contribution < -0.4 is 0 Å². The summed E-state index contributed by atoms with van der Waals surface area (Å²) in [4.78, 5) is 24.1. The number of carbonyl (C=O) groups is 2. The van der Waals surface area contributed by atoms with E-state index in [1.807, 2.05) is 6.07 Å². The van der Waals surface area contributed by atoms with Crippen molar-refractivity contribution in [2.45, 2.75) is 64.3 Å². The van der Waals surface area contributed by atoms with E-state index in [1.165, 1.54) is 13.0 Å². The lowest BCUT2D eigenvalue weighted by atomic mass is 9.87. The molecule has 130 valence electrons. The molecule has 1 N–H and O–H groups in total. The minimum absolute atomic E-state index is 0.00485. The van der Waals surface area contributed by atoms with Gasteiger partial charge in [-0.15, -0.1) is 0 Å². The number of hydrogen-bond acceptors (Lipinski definition) is 5. The first kappa shape index (κ1) is 17.0. The molecule has 3 unspecified atom stereocenters. The van der Waals surface area contributed by atoms with Gasteiger partial charge in [-0.2, -0.15) is 0 Å². The molecule has 0 aromatic heterocycles. The minimum atomic E-state index is -0.553. The Hall–Kier alpha value is -1.88. The molecule has 2 heterocycles. The summed E-state index contributed by atoms with van der Waals surface area (Å²) in [6.45, 7) is 3.69. The highest BCUT2D eigenvalue weighted by atomic mass is 16.5. The number of hydrogen-bond donors (Lipinski definition) is 1. The van der Waals surface area contributed by atoms with Crippen molar-refractivity contribution in [1.82, 2.24) is 0 Å². The average Bonchev–Trinajstić information content (AvgIpc) is 2.44. The van der Waals surface area contributed by atoms with Crippen LogP contribution >= 0.6 is 0 Å². The van der Waals surface area contributed by atoms with Crippen LogP contribution in [0, 0.1) is 5.92 Å². The van der Waals surface area contributed by atoms with Gasteiger partial charge in [-0.05, 0) is 43.7 Å². The molecule has 1 aromatic carbocycles. The maximum Gasteiger partial charge on any atom is 0.342 e. The SMILES string of the molecule is CC(=O)CC1C[C@H]2CC(C)CC(Cc3cccc(O)c3C(=O)O1)O2. The van der Waals surface area contributed by atoms with Gasteiger partial charge in [-0.25, -0.2) is 4.79 Å². The molecule has 3 rings (SSSR count). The molecule has 1 aromatic rings. The fraction of sp³-hybridized carbons (Fsp3) is 0.579. The molecule has 0 aliphatic carbocycles. The van der Waals surface area contributed by atoms with Crippen LogP contribution in [0.5, 0.6) is 5.75 Å². The molecule has 24 heavy (non-hydrogen) atoms. The zero-order chi connectivity index (χ0) is 17.3. The molecule has 2 aliphatic rings. The maximum atomic E-state index is 12.6.